The molecule has 0 aromatic carbocycles. The van der Waals surface area contributed by atoms with Gasteiger partial charge < -0.3 is 4.57 Å². The predicted molar refractivity (Wildman–Crippen MR) is 53.4 cm³/mol. The fourth-order valence-electron chi connectivity index (χ4n) is 0.854. The van der Waals surface area contributed by atoms with E-state index in [1.807, 2.05) is 0 Å². The van der Waals surface area contributed by atoms with E-state index in [4.69, 9.17) is 11.6 Å². The zero-order chi connectivity index (χ0) is 9.84. The fourth-order valence-corrected chi connectivity index (χ4v) is 1.38. The molecular formula is C8H6BrClFNO. The van der Waals surface area contributed by atoms with Gasteiger partial charge in [0.25, 0.3) is 5.56 Å². The number of hydrogen-bond acceptors (Lipinski definition) is 1. The average molecular weight is 266 g/mol. The zero-order valence-electron chi connectivity index (χ0n) is 6.51. The summed E-state index contributed by atoms with van der Waals surface area (Å²) in [5, 5.41) is 0. The van der Waals surface area contributed by atoms with Crippen molar-refractivity contribution in [1.82, 2.24) is 4.57 Å². The molecule has 0 N–H and O–H groups in total. The summed E-state index contributed by atoms with van der Waals surface area (Å²) in [5.74, 6) is -0.780. The molecule has 0 aliphatic heterocycles. The van der Waals surface area contributed by atoms with Gasteiger partial charge in [-0.2, -0.15) is 0 Å². The van der Waals surface area contributed by atoms with E-state index < -0.39 is 11.4 Å². The first-order valence-electron chi connectivity index (χ1n) is 3.46. The number of allylic oxidation sites excluding steroid dienone is 1. The van der Waals surface area contributed by atoms with Crippen molar-refractivity contribution in [2.75, 3.05) is 0 Å². The minimum atomic E-state index is -0.780. The first-order valence-corrected chi connectivity index (χ1v) is 4.69. The van der Waals surface area contributed by atoms with Gasteiger partial charge in [0.1, 0.15) is 0 Å². The Kier molecular flexibility index (Phi) is 3.69. The maximum absolute atomic E-state index is 12.8. The van der Waals surface area contributed by atoms with Crippen LogP contribution in [0.15, 0.2) is 33.1 Å². The van der Waals surface area contributed by atoms with Gasteiger partial charge >= 0.3 is 0 Å². The van der Waals surface area contributed by atoms with Crippen molar-refractivity contribution in [3.05, 3.63) is 44.5 Å². The van der Waals surface area contributed by atoms with Crippen molar-refractivity contribution in [3.8, 4) is 0 Å². The van der Waals surface area contributed by atoms with Crippen molar-refractivity contribution >= 4 is 27.5 Å². The van der Waals surface area contributed by atoms with Crippen LogP contribution in [0.4, 0.5) is 4.39 Å². The summed E-state index contributed by atoms with van der Waals surface area (Å²) in [4.78, 5) is 11.1. The zero-order valence-corrected chi connectivity index (χ0v) is 8.85. The number of halogens is 3. The van der Waals surface area contributed by atoms with E-state index in [0.29, 0.717) is 4.47 Å². The highest BCUT2D eigenvalue weighted by molar-refractivity contribution is 9.10. The summed E-state index contributed by atoms with van der Waals surface area (Å²) in [6.45, 7) is 0.263. The Morgan fingerprint density at radius 1 is 1.69 bits per heavy atom. The van der Waals surface area contributed by atoms with E-state index in [2.05, 4.69) is 15.9 Å². The topological polar surface area (TPSA) is 22.0 Å². The van der Waals surface area contributed by atoms with Crippen LogP contribution in [-0.2, 0) is 6.54 Å². The molecule has 0 radical (unpaired) electrons. The first kappa shape index (κ1) is 10.5. The lowest BCUT2D eigenvalue weighted by Gasteiger charge is -2.01. The Hall–Kier alpha value is -0.610. The molecule has 0 unspecified atom stereocenters. The summed E-state index contributed by atoms with van der Waals surface area (Å²) in [6, 6.07) is 1.13. The van der Waals surface area contributed by atoms with Gasteiger partial charge in [-0.15, -0.1) is 0 Å². The lowest BCUT2D eigenvalue weighted by atomic mass is 10.4. The number of aromatic nitrogens is 1. The molecule has 1 heterocycles. The second kappa shape index (κ2) is 4.58. The van der Waals surface area contributed by atoms with E-state index in [9.17, 15) is 9.18 Å². The maximum Gasteiger partial charge on any atom is 0.286 e. The second-order valence-corrected chi connectivity index (χ2v) is 3.49. The number of pyridine rings is 1. The van der Waals surface area contributed by atoms with Gasteiger partial charge in [-0.05, 0) is 22.0 Å². The van der Waals surface area contributed by atoms with Gasteiger partial charge in [-0.25, -0.2) is 4.39 Å². The molecule has 0 fully saturated rings. The summed E-state index contributed by atoms with van der Waals surface area (Å²) in [5.41, 5.74) is 0.628. The molecule has 13 heavy (non-hydrogen) atoms. The van der Waals surface area contributed by atoms with Crippen LogP contribution in [0, 0.1) is 5.82 Å². The van der Waals surface area contributed by atoms with Gasteiger partial charge in [0.15, 0.2) is 5.82 Å². The highest BCUT2D eigenvalue weighted by Gasteiger charge is 2.02. The lowest BCUT2D eigenvalue weighted by Crippen LogP contribution is -2.21. The van der Waals surface area contributed by atoms with Crippen molar-refractivity contribution < 1.29 is 4.39 Å². The Morgan fingerprint density at radius 3 is 3.00 bits per heavy atom. The maximum atomic E-state index is 12.8. The average Bonchev–Trinajstić information content (AvgIpc) is 2.09. The molecule has 0 atom stereocenters. The van der Waals surface area contributed by atoms with Gasteiger partial charge in [0.2, 0.25) is 0 Å². The normalized spacial score (nSPS) is 11.0. The highest BCUT2D eigenvalue weighted by Crippen LogP contribution is 2.07. The summed E-state index contributed by atoms with van der Waals surface area (Å²) in [6.07, 6.45) is 3.05. The monoisotopic (exact) mass is 265 g/mol. The summed E-state index contributed by atoms with van der Waals surface area (Å²) >= 11 is 8.36. The number of nitrogens with zero attached hydrogens (tertiary/aromatic N) is 1. The molecule has 70 valence electrons. The Morgan fingerprint density at radius 2 is 2.38 bits per heavy atom. The molecule has 5 heteroatoms. The van der Waals surface area contributed by atoms with Crippen molar-refractivity contribution in [2.24, 2.45) is 0 Å². The fraction of sp³-hybridized carbons (Fsp3) is 0.125. The van der Waals surface area contributed by atoms with Crippen LogP contribution in [0.1, 0.15) is 0 Å². The number of rotatable bonds is 2. The summed E-state index contributed by atoms with van der Waals surface area (Å²) in [7, 11) is 0. The van der Waals surface area contributed by atoms with Crippen LogP contribution in [-0.4, -0.2) is 4.57 Å². The second-order valence-electron chi connectivity index (χ2n) is 2.33. The van der Waals surface area contributed by atoms with Crippen LogP contribution < -0.4 is 5.56 Å². The minimum Gasteiger partial charge on any atom is -0.308 e. The van der Waals surface area contributed by atoms with Crippen LogP contribution >= 0.6 is 27.5 Å². The van der Waals surface area contributed by atoms with Crippen molar-refractivity contribution in [2.45, 2.75) is 6.54 Å². The molecule has 0 saturated carbocycles. The third kappa shape index (κ3) is 2.67. The van der Waals surface area contributed by atoms with Crippen LogP contribution in [0.2, 0.25) is 0 Å². The Labute approximate surface area is 87.8 Å². The van der Waals surface area contributed by atoms with Gasteiger partial charge in [-0.1, -0.05) is 17.7 Å². The van der Waals surface area contributed by atoms with Crippen LogP contribution in [0.25, 0.3) is 0 Å². The molecule has 1 aromatic rings. The molecule has 0 spiro atoms. The van der Waals surface area contributed by atoms with Gasteiger partial charge in [0.05, 0.1) is 0 Å². The third-order valence-corrected chi connectivity index (χ3v) is 2.01. The Bertz CT molecular complexity index is 388. The molecule has 0 aliphatic rings. The Balaban J connectivity index is 3.13. The van der Waals surface area contributed by atoms with Gasteiger partial charge in [0, 0.05) is 22.7 Å². The lowest BCUT2D eigenvalue weighted by molar-refractivity contribution is 0.581. The minimum absolute atomic E-state index is 0.263. The molecule has 1 aromatic heterocycles. The quantitative estimate of drug-likeness (QED) is 0.806. The molecule has 2 nitrogen and oxygen atoms in total. The molecule has 1 rings (SSSR count). The molecule has 0 saturated heterocycles. The third-order valence-electron chi connectivity index (χ3n) is 1.40. The summed E-state index contributed by atoms with van der Waals surface area (Å²) < 4.78 is 14.6. The number of hydrogen-bond donors (Lipinski definition) is 0. The van der Waals surface area contributed by atoms with Crippen LogP contribution in [0.5, 0.6) is 0 Å². The molecule has 0 bridgehead atoms. The van der Waals surface area contributed by atoms with E-state index in [-0.39, 0.29) is 6.54 Å². The van der Waals surface area contributed by atoms with E-state index >= 15 is 0 Å². The van der Waals surface area contributed by atoms with Crippen molar-refractivity contribution in [3.63, 3.8) is 0 Å². The van der Waals surface area contributed by atoms with Crippen LogP contribution in [0.3, 0.4) is 0 Å². The van der Waals surface area contributed by atoms with Crippen molar-refractivity contribution in [1.29, 1.82) is 0 Å². The largest absolute Gasteiger partial charge is 0.308 e. The van der Waals surface area contributed by atoms with E-state index in [1.54, 1.807) is 6.08 Å². The predicted octanol–water partition coefficient (Wildman–Crippen LogP) is 2.50. The first-order chi connectivity index (χ1) is 6.15. The smallest absolute Gasteiger partial charge is 0.286 e. The SMILES string of the molecule is O=c1c(F)cc(Br)cn1C/C=C/Cl. The van der Waals surface area contributed by atoms with E-state index in [0.717, 1.165) is 6.07 Å². The highest BCUT2D eigenvalue weighted by atomic mass is 79.9. The van der Waals surface area contributed by atoms with E-state index in [1.165, 1.54) is 16.3 Å². The van der Waals surface area contributed by atoms with Gasteiger partial charge in [-0.3, -0.25) is 4.79 Å². The molecule has 0 aliphatic carbocycles. The molecule has 0 amide bonds. The molecular weight excluding hydrogens is 260 g/mol. The standard InChI is InChI=1S/C8H6BrClFNO/c9-6-4-7(11)8(13)12(5-6)3-1-2-10/h1-2,4-5H,3H2/b2-1+.